The summed E-state index contributed by atoms with van der Waals surface area (Å²) in [6.45, 7) is 0. The Hall–Kier alpha value is -3.26. The number of aromatic nitrogens is 3. The second-order valence-electron chi connectivity index (χ2n) is 5.31. The highest BCUT2D eigenvalue weighted by atomic mass is 32.1. The van der Waals surface area contributed by atoms with Crippen LogP contribution in [0.2, 0.25) is 0 Å². The maximum atomic E-state index is 12.3. The van der Waals surface area contributed by atoms with E-state index in [2.05, 4.69) is 20.6 Å². The summed E-state index contributed by atoms with van der Waals surface area (Å²) in [6, 6.07) is 14.8. The summed E-state index contributed by atoms with van der Waals surface area (Å²) in [5.41, 5.74) is 2.44. The number of ether oxygens (including phenoxy) is 1. The first-order valence-electron chi connectivity index (χ1n) is 7.49. The Balaban J connectivity index is 1.90. The van der Waals surface area contributed by atoms with E-state index in [1.165, 1.54) is 4.68 Å². The van der Waals surface area contributed by atoms with Crippen LogP contribution in [0.25, 0.3) is 11.4 Å². The minimum Gasteiger partial charge on any atom is -0.496 e. The molecule has 0 spiro atoms. The van der Waals surface area contributed by atoms with Crippen molar-refractivity contribution in [2.75, 3.05) is 12.4 Å². The van der Waals surface area contributed by atoms with Crippen molar-refractivity contribution in [2.24, 2.45) is 5.10 Å². The third kappa shape index (κ3) is 2.52. The van der Waals surface area contributed by atoms with Crippen LogP contribution in [0, 0.1) is 4.77 Å². The second kappa shape index (κ2) is 5.99. The first kappa shape index (κ1) is 15.3. The molecule has 0 saturated carbocycles. The maximum absolute atomic E-state index is 12.3. The van der Waals surface area contributed by atoms with Crippen molar-refractivity contribution in [1.82, 2.24) is 14.9 Å². The van der Waals surface area contributed by atoms with Gasteiger partial charge in [-0.2, -0.15) is 14.9 Å². The van der Waals surface area contributed by atoms with Crippen LogP contribution >= 0.6 is 12.2 Å². The molecule has 25 heavy (non-hydrogen) atoms. The minimum absolute atomic E-state index is 0.282. The Morgan fingerprint density at radius 1 is 1.12 bits per heavy atom. The molecule has 2 N–H and O–H groups in total. The van der Waals surface area contributed by atoms with Crippen molar-refractivity contribution in [3.63, 3.8) is 0 Å². The first-order chi connectivity index (χ1) is 12.2. The molecule has 0 bridgehead atoms. The van der Waals surface area contributed by atoms with E-state index in [1.54, 1.807) is 7.11 Å². The van der Waals surface area contributed by atoms with E-state index in [0.29, 0.717) is 17.1 Å². The summed E-state index contributed by atoms with van der Waals surface area (Å²) in [5.74, 6) is 0.816. The zero-order valence-electron chi connectivity index (χ0n) is 13.2. The van der Waals surface area contributed by atoms with Gasteiger partial charge in [-0.05, 0) is 30.4 Å². The van der Waals surface area contributed by atoms with Crippen molar-refractivity contribution in [2.45, 2.75) is 0 Å². The van der Waals surface area contributed by atoms with Crippen molar-refractivity contribution in [1.29, 1.82) is 0 Å². The van der Waals surface area contributed by atoms with E-state index in [0.717, 1.165) is 11.3 Å². The lowest BCUT2D eigenvalue weighted by atomic mass is 10.1. The molecule has 2 heterocycles. The lowest BCUT2D eigenvalue weighted by Crippen LogP contribution is -2.16. The van der Waals surface area contributed by atoms with Gasteiger partial charge in [0.05, 0.1) is 18.4 Å². The molecule has 1 amide bonds. The van der Waals surface area contributed by atoms with Crippen LogP contribution in [0.1, 0.15) is 5.56 Å². The van der Waals surface area contributed by atoms with Crippen LogP contribution in [0.4, 0.5) is 5.69 Å². The summed E-state index contributed by atoms with van der Waals surface area (Å²) in [4.78, 5) is 12.3. The number of H-pyrrole nitrogens is 1. The number of anilines is 1. The second-order valence-corrected chi connectivity index (χ2v) is 5.70. The smallest absolute Gasteiger partial charge is 0.276 e. The van der Waals surface area contributed by atoms with Crippen LogP contribution in [0.15, 0.2) is 53.6 Å². The predicted octanol–water partition coefficient (Wildman–Crippen LogP) is 2.82. The van der Waals surface area contributed by atoms with Crippen LogP contribution in [0.3, 0.4) is 0 Å². The first-order valence-corrected chi connectivity index (χ1v) is 7.90. The molecule has 3 aromatic rings. The fourth-order valence-electron chi connectivity index (χ4n) is 2.69. The van der Waals surface area contributed by atoms with Crippen molar-refractivity contribution in [3.05, 3.63) is 58.9 Å². The van der Waals surface area contributed by atoms with E-state index in [4.69, 9.17) is 17.0 Å². The molecule has 2 aromatic carbocycles. The van der Waals surface area contributed by atoms with E-state index in [-0.39, 0.29) is 16.4 Å². The lowest BCUT2D eigenvalue weighted by molar-refractivity contribution is -0.110. The summed E-state index contributed by atoms with van der Waals surface area (Å²) >= 11 is 5.29. The fourth-order valence-corrected chi connectivity index (χ4v) is 2.86. The van der Waals surface area contributed by atoms with Crippen molar-refractivity contribution < 1.29 is 9.53 Å². The number of carbonyl (C=O) groups excluding carboxylic acids is 1. The van der Waals surface area contributed by atoms with Gasteiger partial charge >= 0.3 is 0 Å². The van der Waals surface area contributed by atoms with Crippen LogP contribution < -0.4 is 10.1 Å². The predicted molar refractivity (Wildman–Crippen MR) is 96.4 cm³/mol. The SMILES string of the molecule is COc1ccccc1-c1n[nH]c(=S)n1N=C1C(=O)Nc2ccccc21. The number of carbonyl (C=O) groups is 1. The van der Waals surface area contributed by atoms with Gasteiger partial charge in [0.2, 0.25) is 4.77 Å². The maximum Gasteiger partial charge on any atom is 0.276 e. The monoisotopic (exact) mass is 351 g/mol. The molecule has 0 saturated heterocycles. The topological polar surface area (TPSA) is 84.3 Å². The summed E-state index contributed by atoms with van der Waals surface area (Å²) in [5, 5.41) is 14.2. The number of amides is 1. The Morgan fingerprint density at radius 3 is 2.64 bits per heavy atom. The van der Waals surface area contributed by atoms with Crippen LogP contribution in [-0.2, 0) is 4.79 Å². The molecule has 0 unspecified atom stereocenters. The van der Waals surface area contributed by atoms with Gasteiger partial charge in [-0.3, -0.25) is 4.79 Å². The molecular formula is C17H13N5O2S. The zero-order valence-corrected chi connectivity index (χ0v) is 14.0. The Labute approximate surface area is 148 Å². The molecule has 4 rings (SSSR count). The van der Waals surface area contributed by atoms with Gasteiger partial charge < -0.3 is 10.1 Å². The van der Waals surface area contributed by atoms with Gasteiger partial charge in [0.15, 0.2) is 11.5 Å². The van der Waals surface area contributed by atoms with Gasteiger partial charge in [-0.25, -0.2) is 5.10 Å². The summed E-state index contributed by atoms with van der Waals surface area (Å²) in [7, 11) is 1.58. The third-order valence-corrected chi connectivity index (χ3v) is 4.11. The Bertz CT molecular complexity index is 1070. The summed E-state index contributed by atoms with van der Waals surface area (Å²) in [6.07, 6.45) is 0. The van der Waals surface area contributed by atoms with E-state index in [1.807, 2.05) is 48.5 Å². The fraction of sp³-hybridized carbons (Fsp3) is 0.0588. The number of methoxy groups -OCH3 is 1. The van der Waals surface area contributed by atoms with E-state index in [9.17, 15) is 4.79 Å². The third-order valence-electron chi connectivity index (χ3n) is 3.84. The molecule has 0 fully saturated rings. The standard InChI is InChI=1S/C17H13N5O2S/c1-24-13-9-5-3-7-11(13)15-19-20-17(25)22(15)21-14-10-6-2-4-8-12(10)18-16(14)23/h2-9H,1H3,(H,20,25)(H,18,21,23). The lowest BCUT2D eigenvalue weighted by Gasteiger charge is -2.07. The minimum atomic E-state index is -0.282. The molecule has 1 aliphatic heterocycles. The number of nitrogens with one attached hydrogen (secondary N) is 2. The average Bonchev–Trinajstić information content (AvgIpc) is 3.15. The van der Waals surface area contributed by atoms with Gasteiger partial charge in [0, 0.05) is 5.56 Å². The molecule has 0 atom stereocenters. The number of para-hydroxylation sites is 2. The molecule has 0 radical (unpaired) electrons. The number of nitrogens with zero attached hydrogens (tertiary/aromatic N) is 3. The summed E-state index contributed by atoms with van der Waals surface area (Å²) < 4.78 is 7.10. The Morgan fingerprint density at radius 2 is 1.84 bits per heavy atom. The highest BCUT2D eigenvalue weighted by Gasteiger charge is 2.26. The number of fused-ring (bicyclic) bond motifs is 1. The van der Waals surface area contributed by atoms with E-state index >= 15 is 0 Å². The van der Waals surface area contributed by atoms with Crippen LogP contribution in [-0.4, -0.2) is 33.6 Å². The van der Waals surface area contributed by atoms with Crippen molar-refractivity contribution in [3.8, 4) is 17.1 Å². The average molecular weight is 351 g/mol. The highest BCUT2D eigenvalue weighted by molar-refractivity contribution is 7.71. The number of rotatable bonds is 3. The van der Waals surface area contributed by atoms with Crippen molar-refractivity contribution >= 4 is 29.5 Å². The van der Waals surface area contributed by atoms with Gasteiger partial charge in [-0.15, -0.1) is 0 Å². The quantitative estimate of drug-likeness (QED) is 0.711. The molecule has 1 aromatic heterocycles. The molecule has 1 aliphatic rings. The highest BCUT2D eigenvalue weighted by Crippen LogP contribution is 2.29. The van der Waals surface area contributed by atoms with Gasteiger partial charge in [-0.1, -0.05) is 30.3 Å². The number of hydrogen-bond donors (Lipinski definition) is 2. The number of hydrogen-bond acceptors (Lipinski definition) is 5. The number of aromatic amines is 1. The van der Waals surface area contributed by atoms with Gasteiger partial charge in [0.25, 0.3) is 5.91 Å². The van der Waals surface area contributed by atoms with Gasteiger partial charge in [0.1, 0.15) is 5.75 Å². The molecule has 0 aliphatic carbocycles. The normalized spacial score (nSPS) is 14.4. The Kier molecular flexibility index (Phi) is 3.66. The van der Waals surface area contributed by atoms with E-state index < -0.39 is 0 Å². The number of benzene rings is 2. The largest absolute Gasteiger partial charge is 0.496 e. The molecular weight excluding hydrogens is 338 g/mol. The van der Waals surface area contributed by atoms with Crippen LogP contribution in [0.5, 0.6) is 5.75 Å². The molecule has 8 heteroatoms. The molecule has 124 valence electrons. The zero-order chi connectivity index (χ0) is 17.4. The molecule has 7 nitrogen and oxygen atoms in total.